The van der Waals surface area contributed by atoms with Gasteiger partial charge in [-0.1, -0.05) is 22.0 Å². The molecule has 0 aliphatic heterocycles. The number of nitriles is 1. The van der Waals surface area contributed by atoms with E-state index in [1.165, 1.54) is 24.0 Å². The van der Waals surface area contributed by atoms with Crippen LogP contribution in [-0.4, -0.2) is 0 Å². The van der Waals surface area contributed by atoms with Gasteiger partial charge in [0.2, 0.25) is 0 Å². The Balaban J connectivity index is 2.36. The highest BCUT2D eigenvalue weighted by atomic mass is 79.9. The Kier molecular flexibility index (Phi) is 2.88. The molecule has 2 rings (SSSR count). The lowest BCUT2D eigenvalue weighted by molar-refractivity contribution is 0.561. The largest absolute Gasteiger partial charge is 0.198 e. The van der Waals surface area contributed by atoms with Crippen molar-refractivity contribution in [2.75, 3.05) is 0 Å². The zero-order valence-corrected chi connectivity index (χ0v) is 9.55. The zero-order valence-electron chi connectivity index (χ0n) is 7.96. The van der Waals surface area contributed by atoms with Crippen LogP contribution in [0.25, 0.3) is 0 Å². The van der Waals surface area contributed by atoms with Crippen LogP contribution in [0.1, 0.15) is 36.3 Å². The van der Waals surface area contributed by atoms with E-state index in [0.29, 0.717) is 12.3 Å². The van der Waals surface area contributed by atoms with Gasteiger partial charge in [-0.3, -0.25) is 0 Å². The van der Waals surface area contributed by atoms with Crippen LogP contribution < -0.4 is 0 Å². The van der Waals surface area contributed by atoms with Gasteiger partial charge < -0.3 is 0 Å². The molecule has 0 N–H and O–H groups in total. The third-order valence-corrected chi connectivity index (χ3v) is 3.37. The monoisotopic (exact) mass is 249 g/mol. The number of aryl methyl sites for hydroxylation is 1. The molecule has 0 saturated heterocycles. The summed E-state index contributed by atoms with van der Waals surface area (Å²) in [7, 11) is 0. The zero-order chi connectivity index (χ0) is 9.97. The Labute approximate surface area is 92.9 Å². The predicted molar refractivity (Wildman–Crippen MR) is 60.1 cm³/mol. The van der Waals surface area contributed by atoms with Crippen molar-refractivity contribution < 1.29 is 0 Å². The number of nitrogens with zero attached hydrogens (tertiary/aromatic N) is 1. The first-order valence-electron chi connectivity index (χ1n) is 4.96. The smallest absolute Gasteiger partial charge is 0.0628 e. The molecule has 2 heteroatoms. The average molecular weight is 250 g/mol. The molecule has 0 bridgehead atoms. The maximum Gasteiger partial charge on any atom is 0.0628 e. The van der Waals surface area contributed by atoms with E-state index in [0.717, 1.165) is 10.9 Å². The molecule has 0 fully saturated rings. The Morgan fingerprint density at radius 2 is 2.36 bits per heavy atom. The van der Waals surface area contributed by atoms with Crippen molar-refractivity contribution in [2.45, 2.75) is 31.6 Å². The molecule has 1 nitrogen and oxygen atoms in total. The van der Waals surface area contributed by atoms with E-state index >= 15 is 0 Å². The second-order valence-corrected chi connectivity index (χ2v) is 4.71. The molecule has 0 saturated carbocycles. The highest BCUT2D eigenvalue weighted by Gasteiger charge is 2.19. The fourth-order valence-corrected chi connectivity index (χ4v) is 2.61. The minimum absolute atomic E-state index is 0.469. The van der Waals surface area contributed by atoms with Crippen molar-refractivity contribution in [1.29, 1.82) is 5.26 Å². The topological polar surface area (TPSA) is 23.8 Å². The van der Waals surface area contributed by atoms with Crippen molar-refractivity contribution >= 4 is 15.9 Å². The summed E-state index contributed by atoms with van der Waals surface area (Å²) >= 11 is 3.48. The Morgan fingerprint density at radius 3 is 3.14 bits per heavy atom. The predicted octanol–water partition coefficient (Wildman–Crippen LogP) is 3.78. The Morgan fingerprint density at radius 1 is 1.50 bits per heavy atom. The second-order valence-electron chi connectivity index (χ2n) is 3.79. The molecule has 0 heterocycles. The standard InChI is InChI=1S/C12H12BrN/c13-11-4-5-12-9(6-7-14)2-1-3-10(12)8-11/h4-5,8-9H,1-3,6H2. The Bertz CT molecular complexity index is 378. The van der Waals surface area contributed by atoms with Crippen LogP contribution in [0.3, 0.4) is 0 Å². The van der Waals surface area contributed by atoms with Gasteiger partial charge in [-0.25, -0.2) is 0 Å². The fourth-order valence-electron chi connectivity index (χ4n) is 2.21. The van der Waals surface area contributed by atoms with E-state index in [1.54, 1.807) is 0 Å². The molecule has 14 heavy (non-hydrogen) atoms. The molecule has 0 aromatic heterocycles. The number of benzene rings is 1. The molecular weight excluding hydrogens is 238 g/mol. The van der Waals surface area contributed by atoms with Gasteiger partial charge in [-0.15, -0.1) is 0 Å². The van der Waals surface area contributed by atoms with Gasteiger partial charge in [0.25, 0.3) is 0 Å². The summed E-state index contributed by atoms with van der Waals surface area (Å²) in [5.74, 6) is 0.469. The molecule has 1 aliphatic rings. The maximum absolute atomic E-state index is 8.74. The normalized spacial score (nSPS) is 19.9. The Hall–Kier alpha value is -0.810. The van der Waals surface area contributed by atoms with Crippen molar-refractivity contribution in [3.05, 3.63) is 33.8 Å². The van der Waals surface area contributed by atoms with Gasteiger partial charge in [0.15, 0.2) is 0 Å². The van der Waals surface area contributed by atoms with E-state index in [-0.39, 0.29) is 0 Å². The summed E-state index contributed by atoms with van der Waals surface area (Å²) in [6, 6.07) is 8.72. The molecule has 0 spiro atoms. The van der Waals surface area contributed by atoms with Gasteiger partial charge >= 0.3 is 0 Å². The molecule has 1 aliphatic carbocycles. The lowest BCUT2D eigenvalue weighted by atomic mass is 9.81. The lowest BCUT2D eigenvalue weighted by Crippen LogP contribution is -2.09. The van der Waals surface area contributed by atoms with Crippen LogP contribution in [0.5, 0.6) is 0 Å². The number of rotatable bonds is 1. The molecule has 1 aromatic rings. The van der Waals surface area contributed by atoms with Crippen LogP contribution in [0.15, 0.2) is 22.7 Å². The quantitative estimate of drug-likeness (QED) is 0.744. The summed E-state index contributed by atoms with van der Waals surface area (Å²) in [5.41, 5.74) is 2.81. The van der Waals surface area contributed by atoms with E-state index in [4.69, 9.17) is 5.26 Å². The summed E-state index contributed by atoms with van der Waals surface area (Å²) in [6.45, 7) is 0. The highest BCUT2D eigenvalue weighted by molar-refractivity contribution is 9.10. The fraction of sp³-hybridized carbons (Fsp3) is 0.417. The van der Waals surface area contributed by atoms with E-state index < -0.39 is 0 Å². The minimum Gasteiger partial charge on any atom is -0.198 e. The van der Waals surface area contributed by atoms with Crippen LogP contribution in [-0.2, 0) is 6.42 Å². The van der Waals surface area contributed by atoms with Crippen molar-refractivity contribution in [3.8, 4) is 6.07 Å². The van der Waals surface area contributed by atoms with Crippen LogP contribution in [0.2, 0.25) is 0 Å². The SMILES string of the molecule is N#CCC1CCCc2cc(Br)ccc21. The van der Waals surface area contributed by atoms with Gasteiger partial charge in [0, 0.05) is 10.9 Å². The first kappa shape index (κ1) is 9.73. The molecule has 1 aromatic carbocycles. The summed E-state index contributed by atoms with van der Waals surface area (Å²) in [6.07, 6.45) is 4.21. The third-order valence-electron chi connectivity index (χ3n) is 2.88. The van der Waals surface area contributed by atoms with E-state index in [2.05, 4.69) is 40.2 Å². The van der Waals surface area contributed by atoms with Gasteiger partial charge in [0.1, 0.15) is 0 Å². The minimum atomic E-state index is 0.469. The molecule has 72 valence electrons. The lowest BCUT2D eigenvalue weighted by Gasteiger charge is -2.23. The molecular formula is C12H12BrN. The van der Waals surface area contributed by atoms with Crippen molar-refractivity contribution in [3.63, 3.8) is 0 Å². The summed E-state index contributed by atoms with van der Waals surface area (Å²) in [5, 5.41) is 8.74. The van der Waals surface area contributed by atoms with E-state index in [1.807, 2.05) is 0 Å². The first-order chi connectivity index (χ1) is 6.81. The van der Waals surface area contributed by atoms with Gasteiger partial charge in [-0.2, -0.15) is 5.26 Å². The first-order valence-corrected chi connectivity index (χ1v) is 5.76. The number of hydrogen-bond donors (Lipinski definition) is 0. The van der Waals surface area contributed by atoms with Gasteiger partial charge in [-0.05, 0) is 48.4 Å². The highest BCUT2D eigenvalue weighted by Crippen LogP contribution is 2.34. The molecule has 0 amide bonds. The average Bonchev–Trinajstić information content (AvgIpc) is 2.18. The van der Waals surface area contributed by atoms with Crippen LogP contribution in [0, 0.1) is 11.3 Å². The second kappa shape index (κ2) is 4.14. The third kappa shape index (κ3) is 1.83. The van der Waals surface area contributed by atoms with Crippen molar-refractivity contribution in [1.82, 2.24) is 0 Å². The number of fused-ring (bicyclic) bond motifs is 1. The van der Waals surface area contributed by atoms with Crippen molar-refractivity contribution in [2.24, 2.45) is 0 Å². The number of hydrogen-bond acceptors (Lipinski definition) is 1. The molecule has 1 atom stereocenters. The molecule has 1 unspecified atom stereocenters. The number of halogens is 1. The van der Waals surface area contributed by atoms with Crippen LogP contribution >= 0.6 is 15.9 Å². The maximum atomic E-state index is 8.74. The molecule has 0 radical (unpaired) electrons. The van der Waals surface area contributed by atoms with E-state index in [9.17, 15) is 0 Å². The summed E-state index contributed by atoms with van der Waals surface area (Å²) < 4.78 is 1.15. The van der Waals surface area contributed by atoms with Gasteiger partial charge in [0.05, 0.1) is 6.07 Å². The van der Waals surface area contributed by atoms with Crippen LogP contribution in [0.4, 0.5) is 0 Å². The summed E-state index contributed by atoms with van der Waals surface area (Å²) in [4.78, 5) is 0.